The highest BCUT2D eigenvalue weighted by atomic mass is 35.7. The fourth-order valence-corrected chi connectivity index (χ4v) is 3.15. The van der Waals surface area contributed by atoms with Gasteiger partial charge in [0, 0.05) is 11.2 Å². The smallest absolute Gasteiger partial charge is 0.413 e. The average molecular weight is 398 g/mol. The average Bonchev–Trinajstić information content (AvgIpc) is 3.01. The third-order valence-corrected chi connectivity index (χ3v) is 4.86. The standard InChI is InChI=1S/C15H17ClN5O4P/c1-15(2,21-9-20-12-13(17)18-8-19-14(12)21)23-10-24-26(16,22)25-11-6-4-3-5-7-11/h3-9H,10H2,1-2H3,(H2,17,18,19)/t26-/m1/s1. The van der Waals surface area contributed by atoms with E-state index >= 15 is 0 Å². The molecule has 0 unspecified atom stereocenters. The van der Waals surface area contributed by atoms with Crippen LogP contribution >= 0.6 is 18.2 Å². The number of nitrogens with zero attached hydrogens (tertiary/aromatic N) is 4. The zero-order valence-corrected chi connectivity index (χ0v) is 15.7. The number of halogens is 1. The summed E-state index contributed by atoms with van der Waals surface area (Å²) in [5.41, 5.74) is 5.80. The summed E-state index contributed by atoms with van der Waals surface area (Å²) in [5, 5.41) is 0. The Hall–Kier alpha value is -2.19. The molecule has 0 bridgehead atoms. The van der Waals surface area contributed by atoms with Gasteiger partial charge in [0.2, 0.25) is 0 Å². The normalized spacial score (nSPS) is 14.3. The Morgan fingerprint density at radius 3 is 2.69 bits per heavy atom. The summed E-state index contributed by atoms with van der Waals surface area (Å²) in [7, 11) is 0. The Balaban J connectivity index is 1.66. The zero-order chi connectivity index (χ0) is 18.8. The monoisotopic (exact) mass is 397 g/mol. The van der Waals surface area contributed by atoms with Crippen LogP contribution in [0.15, 0.2) is 43.0 Å². The van der Waals surface area contributed by atoms with Crippen molar-refractivity contribution in [3.8, 4) is 5.75 Å². The molecule has 9 nitrogen and oxygen atoms in total. The second-order valence-electron chi connectivity index (χ2n) is 5.72. The number of aromatic nitrogens is 4. The number of ether oxygens (including phenoxy) is 1. The molecule has 2 heterocycles. The van der Waals surface area contributed by atoms with E-state index in [2.05, 4.69) is 15.0 Å². The number of nitrogen functional groups attached to an aromatic ring is 1. The van der Waals surface area contributed by atoms with Gasteiger partial charge in [0.25, 0.3) is 0 Å². The molecule has 0 aliphatic heterocycles. The molecular formula is C15H17ClN5O4P. The van der Waals surface area contributed by atoms with Gasteiger partial charge in [0.05, 0.1) is 6.33 Å². The van der Waals surface area contributed by atoms with Crippen LogP contribution < -0.4 is 10.3 Å². The molecule has 0 fully saturated rings. The van der Waals surface area contributed by atoms with E-state index in [9.17, 15) is 4.57 Å². The summed E-state index contributed by atoms with van der Waals surface area (Å²) < 4.78 is 29.8. The molecule has 0 amide bonds. The van der Waals surface area contributed by atoms with Crippen LogP contribution in [0.4, 0.5) is 5.82 Å². The van der Waals surface area contributed by atoms with Crippen molar-refractivity contribution in [2.75, 3.05) is 12.5 Å². The fourth-order valence-electron chi connectivity index (χ4n) is 2.18. The highest BCUT2D eigenvalue weighted by Crippen LogP contribution is 2.53. The van der Waals surface area contributed by atoms with Crippen molar-refractivity contribution in [3.63, 3.8) is 0 Å². The molecule has 0 saturated heterocycles. The molecule has 0 aliphatic carbocycles. The Morgan fingerprint density at radius 1 is 1.23 bits per heavy atom. The molecule has 3 rings (SSSR count). The molecule has 0 radical (unpaired) electrons. The molecule has 2 aromatic heterocycles. The number of imidazole rings is 1. The van der Waals surface area contributed by atoms with Crippen LogP contribution in [0.25, 0.3) is 11.2 Å². The minimum atomic E-state index is -3.86. The number of benzene rings is 1. The van der Waals surface area contributed by atoms with Crippen molar-refractivity contribution < 1.29 is 18.3 Å². The molecule has 3 aromatic rings. The van der Waals surface area contributed by atoms with E-state index in [1.54, 1.807) is 48.7 Å². The number of anilines is 1. The van der Waals surface area contributed by atoms with E-state index < -0.39 is 12.7 Å². The summed E-state index contributed by atoms with van der Waals surface area (Å²) in [6.45, 7) is -0.717. The highest BCUT2D eigenvalue weighted by molar-refractivity contribution is 7.81. The highest BCUT2D eigenvalue weighted by Gasteiger charge is 2.28. The van der Waals surface area contributed by atoms with Crippen LogP contribution in [0.1, 0.15) is 13.8 Å². The van der Waals surface area contributed by atoms with Crippen molar-refractivity contribution >= 4 is 35.2 Å². The molecule has 0 saturated carbocycles. The van der Waals surface area contributed by atoms with Crippen LogP contribution in [-0.2, 0) is 19.6 Å². The lowest BCUT2D eigenvalue weighted by Crippen LogP contribution is -2.30. The fraction of sp³-hybridized carbons (Fsp3) is 0.267. The Kier molecular flexibility index (Phi) is 5.15. The number of rotatable bonds is 7. The van der Waals surface area contributed by atoms with Crippen LogP contribution in [0.3, 0.4) is 0 Å². The number of hydrogen-bond acceptors (Lipinski definition) is 8. The molecule has 11 heteroatoms. The van der Waals surface area contributed by atoms with E-state index in [1.807, 2.05) is 0 Å². The number of hydrogen-bond donors (Lipinski definition) is 1. The molecule has 138 valence electrons. The quantitative estimate of drug-likeness (QED) is 0.475. The van der Waals surface area contributed by atoms with Crippen molar-refractivity contribution in [1.82, 2.24) is 19.5 Å². The minimum absolute atomic E-state index is 0.266. The Bertz CT molecular complexity index is 950. The molecular weight excluding hydrogens is 381 g/mol. The van der Waals surface area contributed by atoms with Gasteiger partial charge >= 0.3 is 6.95 Å². The Morgan fingerprint density at radius 2 is 1.96 bits per heavy atom. The van der Waals surface area contributed by atoms with Crippen molar-refractivity contribution in [2.24, 2.45) is 0 Å². The summed E-state index contributed by atoms with van der Waals surface area (Å²) in [6, 6.07) is 8.48. The van der Waals surface area contributed by atoms with Gasteiger partial charge in [0.1, 0.15) is 23.3 Å². The lowest BCUT2D eigenvalue weighted by Gasteiger charge is -2.27. The SMILES string of the molecule is CC(C)(OCO[P@](=O)(Cl)Oc1ccccc1)n1cnc2c(N)ncnc21. The van der Waals surface area contributed by atoms with Crippen LogP contribution in [0, 0.1) is 0 Å². The summed E-state index contributed by atoms with van der Waals surface area (Å²) in [6.07, 6.45) is 2.86. The van der Waals surface area contributed by atoms with E-state index in [-0.39, 0.29) is 12.6 Å². The second kappa shape index (κ2) is 7.20. The zero-order valence-electron chi connectivity index (χ0n) is 14.1. The number of nitrogens with two attached hydrogens (primary N) is 1. The summed E-state index contributed by atoms with van der Waals surface area (Å²) in [4.78, 5) is 12.2. The van der Waals surface area contributed by atoms with Gasteiger partial charge < -0.3 is 15.0 Å². The summed E-state index contributed by atoms with van der Waals surface area (Å²) in [5.74, 6) is 0.597. The molecule has 0 aliphatic rings. The third kappa shape index (κ3) is 4.13. The van der Waals surface area contributed by atoms with Gasteiger partial charge in [-0.25, -0.2) is 19.5 Å². The second-order valence-corrected chi connectivity index (χ2v) is 8.26. The van der Waals surface area contributed by atoms with Gasteiger partial charge in [-0.2, -0.15) is 0 Å². The molecule has 2 N–H and O–H groups in total. The molecule has 1 aromatic carbocycles. The first-order valence-electron chi connectivity index (χ1n) is 7.55. The predicted molar refractivity (Wildman–Crippen MR) is 96.6 cm³/mol. The maximum Gasteiger partial charge on any atom is 0.478 e. The van der Waals surface area contributed by atoms with E-state index in [0.29, 0.717) is 16.9 Å². The first-order chi connectivity index (χ1) is 12.3. The van der Waals surface area contributed by atoms with Crippen LogP contribution in [-0.4, -0.2) is 26.3 Å². The van der Waals surface area contributed by atoms with E-state index in [1.165, 1.54) is 12.7 Å². The topological polar surface area (TPSA) is 114 Å². The third-order valence-electron chi connectivity index (χ3n) is 3.52. The molecule has 0 spiro atoms. The summed E-state index contributed by atoms with van der Waals surface area (Å²) >= 11 is 5.82. The van der Waals surface area contributed by atoms with Crippen LogP contribution in [0.5, 0.6) is 5.75 Å². The first-order valence-corrected chi connectivity index (χ1v) is 10.0. The van der Waals surface area contributed by atoms with Gasteiger partial charge in [0.15, 0.2) is 18.3 Å². The van der Waals surface area contributed by atoms with E-state index in [0.717, 1.165) is 0 Å². The van der Waals surface area contributed by atoms with Crippen molar-refractivity contribution in [2.45, 2.75) is 19.6 Å². The minimum Gasteiger partial charge on any atom is -0.413 e. The van der Waals surface area contributed by atoms with Gasteiger partial charge in [-0.05, 0) is 26.0 Å². The Labute approximate surface area is 154 Å². The lowest BCUT2D eigenvalue weighted by molar-refractivity contribution is -0.131. The van der Waals surface area contributed by atoms with Gasteiger partial charge in [-0.3, -0.25) is 9.09 Å². The lowest BCUT2D eigenvalue weighted by atomic mass is 10.3. The number of para-hydroxylation sites is 1. The molecule has 26 heavy (non-hydrogen) atoms. The molecule has 1 atom stereocenters. The maximum absolute atomic E-state index is 12.2. The largest absolute Gasteiger partial charge is 0.478 e. The van der Waals surface area contributed by atoms with Gasteiger partial charge in [-0.1, -0.05) is 18.2 Å². The van der Waals surface area contributed by atoms with E-state index in [4.69, 9.17) is 30.8 Å². The first kappa shape index (κ1) is 18.6. The number of fused-ring (bicyclic) bond motifs is 1. The maximum atomic E-state index is 12.2. The van der Waals surface area contributed by atoms with Crippen LogP contribution in [0.2, 0.25) is 0 Å². The predicted octanol–water partition coefficient (Wildman–Crippen LogP) is 3.52. The van der Waals surface area contributed by atoms with Crippen molar-refractivity contribution in [3.05, 3.63) is 43.0 Å². The van der Waals surface area contributed by atoms with Crippen molar-refractivity contribution in [1.29, 1.82) is 0 Å². The van der Waals surface area contributed by atoms with Gasteiger partial charge in [-0.15, -0.1) is 0 Å².